The zero-order chi connectivity index (χ0) is 19.1. The first-order chi connectivity index (χ1) is 13.1. The van der Waals surface area contributed by atoms with Crippen molar-refractivity contribution in [3.8, 4) is 0 Å². The molecule has 138 valence electrons. The van der Waals surface area contributed by atoms with Crippen LogP contribution in [0.2, 0.25) is 0 Å². The van der Waals surface area contributed by atoms with E-state index in [1.165, 1.54) is 18.6 Å². The maximum atomic E-state index is 13.0. The number of carbonyl (C=O) groups excluding carboxylic acids is 2. The normalized spacial score (nSPS) is 11.6. The van der Waals surface area contributed by atoms with Crippen molar-refractivity contribution in [1.82, 2.24) is 4.90 Å². The lowest BCUT2D eigenvalue weighted by molar-refractivity contribution is -0.141. The van der Waals surface area contributed by atoms with Crippen LogP contribution in [0.5, 0.6) is 0 Å². The van der Waals surface area contributed by atoms with Crippen LogP contribution < -0.4 is 0 Å². The summed E-state index contributed by atoms with van der Waals surface area (Å²) in [5.41, 5.74) is 2.30. The van der Waals surface area contributed by atoms with E-state index in [4.69, 9.17) is 9.15 Å². The standard InChI is InChI=1S/C22H21NO4/c1-17(27-22(25)20-12-13-26-16-20)21(24)23(14-18-8-4-2-5-9-18)15-19-10-6-3-7-11-19/h2-13,16-17H,14-15H2,1H3/t17-/m0/s1. The summed E-state index contributed by atoms with van der Waals surface area (Å²) < 4.78 is 10.2. The first-order valence-corrected chi connectivity index (χ1v) is 8.73. The maximum Gasteiger partial charge on any atom is 0.342 e. The molecular formula is C22H21NO4. The highest BCUT2D eigenvalue weighted by atomic mass is 16.5. The molecule has 5 heteroatoms. The highest BCUT2D eigenvalue weighted by Crippen LogP contribution is 2.14. The van der Waals surface area contributed by atoms with E-state index in [0.29, 0.717) is 13.1 Å². The predicted molar refractivity (Wildman–Crippen MR) is 101 cm³/mol. The van der Waals surface area contributed by atoms with Gasteiger partial charge in [0.25, 0.3) is 5.91 Å². The topological polar surface area (TPSA) is 59.8 Å². The number of rotatable bonds is 7. The summed E-state index contributed by atoms with van der Waals surface area (Å²) in [6, 6.07) is 21.0. The molecule has 0 saturated carbocycles. The van der Waals surface area contributed by atoms with Gasteiger partial charge in [-0.25, -0.2) is 4.79 Å². The summed E-state index contributed by atoms with van der Waals surface area (Å²) in [5, 5.41) is 0. The molecule has 0 unspecified atom stereocenters. The van der Waals surface area contributed by atoms with Crippen molar-refractivity contribution >= 4 is 11.9 Å². The highest BCUT2D eigenvalue weighted by Gasteiger charge is 2.25. The van der Waals surface area contributed by atoms with Crippen molar-refractivity contribution < 1.29 is 18.7 Å². The summed E-state index contributed by atoms with van der Waals surface area (Å²) in [6.07, 6.45) is 1.78. The molecule has 0 fully saturated rings. The van der Waals surface area contributed by atoms with Gasteiger partial charge in [-0.3, -0.25) is 4.79 Å². The molecule has 5 nitrogen and oxygen atoms in total. The highest BCUT2D eigenvalue weighted by molar-refractivity contribution is 5.91. The lowest BCUT2D eigenvalue weighted by Crippen LogP contribution is -2.39. The van der Waals surface area contributed by atoms with Gasteiger partial charge in [0.2, 0.25) is 0 Å². The van der Waals surface area contributed by atoms with Crippen LogP contribution in [0.3, 0.4) is 0 Å². The molecule has 0 spiro atoms. The summed E-state index contributed by atoms with van der Waals surface area (Å²) >= 11 is 0. The van der Waals surface area contributed by atoms with Gasteiger partial charge in [0, 0.05) is 13.1 Å². The summed E-state index contributed by atoms with van der Waals surface area (Å²) in [6.45, 7) is 2.45. The first kappa shape index (κ1) is 18.5. The summed E-state index contributed by atoms with van der Waals surface area (Å²) in [4.78, 5) is 26.8. The Morgan fingerprint density at radius 1 is 0.926 bits per heavy atom. The lowest BCUT2D eigenvalue weighted by Gasteiger charge is -2.26. The Morgan fingerprint density at radius 2 is 1.48 bits per heavy atom. The third kappa shape index (κ3) is 5.07. The maximum absolute atomic E-state index is 13.0. The van der Waals surface area contributed by atoms with Gasteiger partial charge in [-0.1, -0.05) is 60.7 Å². The fraction of sp³-hybridized carbons (Fsp3) is 0.182. The van der Waals surface area contributed by atoms with Crippen LogP contribution in [0.15, 0.2) is 83.7 Å². The van der Waals surface area contributed by atoms with Crippen LogP contribution in [-0.2, 0) is 22.6 Å². The van der Waals surface area contributed by atoms with Gasteiger partial charge in [-0.15, -0.1) is 0 Å². The van der Waals surface area contributed by atoms with Crippen LogP contribution in [0.1, 0.15) is 28.4 Å². The molecule has 0 aliphatic rings. The van der Waals surface area contributed by atoms with Crippen molar-refractivity contribution in [2.24, 2.45) is 0 Å². The average Bonchev–Trinajstić information content (AvgIpc) is 3.23. The minimum atomic E-state index is -0.903. The van der Waals surface area contributed by atoms with Crippen LogP contribution in [0.25, 0.3) is 0 Å². The Kier molecular flexibility index (Phi) is 6.05. The van der Waals surface area contributed by atoms with Crippen LogP contribution in [0, 0.1) is 0 Å². The van der Waals surface area contributed by atoms with Crippen molar-refractivity contribution in [1.29, 1.82) is 0 Å². The van der Waals surface area contributed by atoms with Crippen molar-refractivity contribution in [3.63, 3.8) is 0 Å². The Morgan fingerprint density at radius 3 is 1.96 bits per heavy atom. The van der Waals surface area contributed by atoms with Gasteiger partial charge in [-0.2, -0.15) is 0 Å². The molecule has 1 amide bonds. The molecule has 0 radical (unpaired) electrons. The fourth-order valence-corrected chi connectivity index (χ4v) is 2.74. The van der Waals surface area contributed by atoms with E-state index >= 15 is 0 Å². The molecule has 2 aromatic carbocycles. The van der Waals surface area contributed by atoms with Gasteiger partial charge >= 0.3 is 5.97 Å². The second-order valence-corrected chi connectivity index (χ2v) is 6.23. The molecule has 1 aromatic heterocycles. The van der Waals surface area contributed by atoms with Gasteiger partial charge in [0.1, 0.15) is 6.26 Å². The molecular weight excluding hydrogens is 342 g/mol. The van der Waals surface area contributed by atoms with Gasteiger partial charge in [0.15, 0.2) is 6.10 Å². The third-order valence-corrected chi connectivity index (χ3v) is 4.13. The molecule has 27 heavy (non-hydrogen) atoms. The average molecular weight is 363 g/mol. The second-order valence-electron chi connectivity index (χ2n) is 6.23. The van der Waals surface area contributed by atoms with E-state index in [2.05, 4.69) is 0 Å². The van der Waals surface area contributed by atoms with Crippen molar-refractivity contribution in [2.75, 3.05) is 0 Å². The number of hydrogen-bond donors (Lipinski definition) is 0. The predicted octanol–water partition coefficient (Wildman–Crippen LogP) is 4.05. The molecule has 1 atom stereocenters. The van der Waals surface area contributed by atoms with Crippen molar-refractivity contribution in [2.45, 2.75) is 26.1 Å². The number of nitrogens with zero attached hydrogens (tertiary/aromatic N) is 1. The Balaban J connectivity index is 1.73. The van der Waals surface area contributed by atoms with E-state index in [-0.39, 0.29) is 11.5 Å². The molecule has 1 heterocycles. The number of esters is 1. The van der Waals surface area contributed by atoms with Gasteiger partial charge < -0.3 is 14.1 Å². The SMILES string of the molecule is C[C@H](OC(=O)c1ccoc1)C(=O)N(Cc1ccccc1)Cc1ccccc1. The monoisotopic (exact) mass is 363 g/mol. The second kappa shape index (κ2) is 8.85. The zero-order valence-electron chi connectivity index (χ0n) is 15.1. The number of furan rings is 1. The number of amides is 1. The van der Waals surface area contributed by atoms with Gasteiger partial charge in [0.05, 0.1) is 11.8 Å². The van der Waals surface area contributed by atoms with E-state index in [9.17, 15) is 9.59 Å². The largest absolute Gasteiger partial charge is 0.472 e. The number of ether oxygens (including phenoxy) is 1. The zero-order valence-corrected chi connectivity index (χ0v) is 15.1. The Labute approximate surface area is 158 Å². The molecule has 0 aliphatic carbocycles. The first-order valence-electron chi connectivity index (χ1n) is 8.73. The molecule has 0 aliphatic heterocycles. The van der Waals surface area contributed by atoms with Crippen molar-refractivity contribution in [3.05, 3.63) is 95.9 Å². The quantitative estimate of drug-likeness (QED) is 0.594. The fourth-order valence-electron chi connectivity index (χ4n) is 2.74. The minimum absolute atomic E-state index is 0.250. The van der Waals surface area contributed by atoms with Gasteiger partial charge in [-0.05, 0) is 24.1 Å². The van der Waals surface area contributed by atoms with Crippen LogP contribution >= 0.6 is 0 Å². The molecule has 3 rings (SSSR count). The number of hydrogen-bond acceptors (Lipinski definition) is 4. The summed E-state index contributed by atoms with van der Waals surface area (Å²) in [5.74, 6) is -0.830. The van der Waals surface area contributed by atoms with E-state index in [1.54, 1.807) is 11.8 Å². The molecule has 0 N–H and O–H groups in total. The van der Waals surface area contributed by atoms with E-state index < -0.39 is 12.1 Å². The van der Waals surface area contributed by atoms with Crippen LogP contribution in [0.4, 0.5) is 0 Å². The Bertz CT molecular complexity index is 818. The lowest BCUT2D eigenvalue weighted by atomic mass is 10.1. The molecule has 0 saturated heterocycles. The summed E-state index contributed by atoms with van der Waals surface area (Å²) in [7, 11) is 0. The van der Waals surface area contributed by atoms with E-state index in [0.717, 1.165) is 11.1 Å². The third-order valence-electron chi connectivity index (χ3n) is 4.13. The number of carbonyl (C=O) groups is 2. The van der Waals surface area contributed by atoms with Crippen LogP contribution in [-0.4, -0.2) is 22.9 Å². The number of benzene rings is 2. The smallest absolute Gasteiger partial charge is 0.342 e. The van der Waals surface area contributed by atoms with E-state index in [1.807, 2.05) is 60.7 Å². The minimum Gasteiger partial charge on any atom is -0.472 e. The molecule has 3 aromatic rings. The Hall–Kier alpha value is -3.34. The molecule has 0 bridgehead atoms.